The van der Waals surface area contributed by atoms with E-state index in [2.05, 4.69) is 10.6 Å². The monoisotopic (exact) mass is 272 g/mol. The Kier molecular flexibility index (Phi) is 5.28. The lowest BCUT2D eigenvalue weighted by Crippen LogP contribution is -2.47. The summed E-state index contributed by atoms with van der Waals surface area (Å²) in [4.78, 5) is 33.7. The first-order chi connectivity index (χ1) is 8.54. The minimum absolute atomic E-state index is 0.347. The molecule has 2 amide bonds. The molecule has 4 N–H and O–H groups in total. The Balaban J connectivity index is 2.37. The maximum absolute atomic E-state index is 11.5. The van der Waals surface area contributed by atoms with Crippen molar-refractivity contribution in [3.05, 3.63) is 22.4 Å². The van der Waals surface area contributed by atoms with Crippen molar-refractivity contribution >= 4 is 29.1 Å². The average Bonchev–Trinajstić information content (AvgIpc) is 2.86. The first-order valence-corrected chi connectivity index (χ1v) is 5.87. The van der Waals surface area contributed by atoms with Crippen molar-refractivity contribution in [1.82, 2.24) is 10.6 Å². The van der Waals surface area contributed by atoms with E-state index in [-0.39, 0.29) is 6.54 Å². The van der Waals surface area contributed by atoms with Gasteiger partial charge in [0.05, 0.1) is 18.0 Å². The number of aliphatic hydroxyl groups excluding tert-OH is 1. The molecule has 0 aliphatic heterocycles. The van der Waals surface area contributed by atoms with Crippen LogP contribution in [0, 0.1) is 0 Å². The van der Waals surface area contributed by atoms with E-state index in [0.717, 1.165) is 0 Å². The van der Waals surface area contributed by atoms with Gasteiger partial charge in [-0.3, -0.25) is 9.59 Å². The molecule has 7 nitrogen and oxygen atoms in total. The van der Waals surface area contributed by atoms with Gasteiger partial charge in [0.15, 0.2) is 0 Å². The first-order valence-electron chi connectivity index (χ1n) is 4.99. The smallest absolute Gasteiger partial charge is 0.328 e. The predicted octanol–water partition coefficient (Wildman–Crippen LogP) is -0.960. The molecule has 1 unspecified atom stereocenters. The highest BCUT2D eigenvalue weighted by atomic mass is 32.1. The Morgan fingerprint density at radius 2 is 2.11 bits per heavy atom. The summed E-state index contributed by atoms with van der Waals surface area (Å²) in [6.07, 6.45) is 0. The van der Waals surface area contributed by atoms with Crippen molar-refractivity contribution in [2.75, 3.05) is 13.2 Å². The van der Waals surface area contributed by atoms with Crippen LogP contribution in [0.2, 0.25) is 0 Å². The number of carboxylic acid groups (broad SMARTS) is 1. The highest BCUT2D eigenvalue weighted by molar-refractivity contribution is 7.12. The van der Waals surface area contributed by atoms with Crippen LogP contribution in [0.25, 0.3) is 0 Å². The van der Waals surface area contributed by atoms with E-state index in [4.69, 9.17) is 10.2 Å². The average molecular weight is 272 g/mol. The lowest BCUT2D eigenvalue weighted by atomic mass is 10.3. The highest BCUT2D eigenvalue weighted by Crippen LogP contribution is 2.07. The molecule has 0 aliphatic rings. The standard InChI is InChI=1S/C10H12N2O5S/c13-5-6(10(16)17)12-8(14)4-11-9(15)7-2-1-3-18-7/h1-3,6,13H,4-5H2,(H,11,15)(H,12,14)(H,16,17). The summed E-state index contributed by atoms with van der Waals surface area (Å²) in [5.74, 6) is -2.42. The van der Waals surface area contributed by atoms with Gasteiger partial charge in [-0.05, 0) is 11.4 Å². The third-order valence-corrected chi connectivity index (χ3v) is 2.84. The summed E-state index contributed by atoms with van der Waals surface area (Å²) in [6.45, 7) is -1.06. The number of nitrogens with one attached hydrogen (secondary N) is 2. The predicted molar refractivity (Wildman–Crippen MR) is 63.3 cm³/mol. The van der Waals surface area contributed by atoms with Gasteiger partial charge in [0, 0.05) is 0 Å². The highest BCUT2D eigenvalue weighted by Gasteiger charge is 2.18. The van der Waals surface area contributed by atoms with E-state index in [1.807, 2.05) is 0 Å². The van der Waals surface area contributed by atoms with E-state index < -0.39 is 30.4 Å². The molecular formula is C10H12N2O5S. The van der Waals surface area contributed by atoms with E-state index in [1.54, 1.807) is 17.5 Å². The number of rotatable bonds is 6. The third-order valence-electron chi connectivity index (χ3n) is 1.97. The van der Waals surface area contributed by atoms with E-state index in [9.17, 15) is 14.4 Å². The van der Waals surface area contributed by atoms with Crippen LogP contribution in [0.4, 0.5) is 0 Å². The SMILES string of the molecule is O=C(CNC(=O)c1cccs1)NC(CO)C(=O)O. The van der Waals surface area contributed by atoms with Crippen molar-refractivity contribution < 1.29 is 24.6 Å². The number of carboxylic acids is 1. The van der Waals surface area contributed by atoms with Crippen LogP contribution in [0.5, 0.6) is 0 Å². The molecule has 1 heterocycles. The molecule has 8 heteroatoms. The second-order valence-electron chi connectivity index (χ2n) is 3.30. The number of carbonyl (C=O) groups is 3. The molecule has 1 rings (SSSR count). The molecule has 1 aromatic rings. The second-order valence-corrected chi connectivity index (χ2v) is 4.25. The molecule has 18 heavy (non-hydrogen) atoms. The zero-order chi connectivity index (χ0) is 13.5. The molecule has 0 saturated heterocycles. The summed E-state index contributed by atoms with van der Waals surface area (Å²) in [7, 11) is 0. The summed E-state index contributed by atoms with van der Waals surface area (Å²) in [5, 5.41) is 23.4. The molecule has 0 spiro atoms. The first kappa shape index (κ1) is 14.1. The van der Waals surface area contributed by atoms with Gasteiger partial charge in [-0.25, -0.2) is 4.79 Å². The van der Waals surface area contributed by atoms with Gasteiger partial charge in [-0.15, -0.1) is 11.3 Å². The fourth-order valence-electron chi connectivity index (χ4n) is 1.09. The van der Waals surface area contributed by atoms with Gasteiger partial charge in [0.1, 0.15) is 6.04 Å². The quantitative estimate of drug-likeness (QED) is 0.532. The number of thiophene rings is 1. The largest absolute Gasteiger partial charge is 0.480 e. The van der Waals surface area contributed by atoms with E-state index in [0.29, 0.717) is 4.88 Å². The molecule has 0 saturated carbocycles. The van der Waals surface area contributed by atoms with E-state index >= 15 is 0 Å². The number of hydrogen-bond acceptors (Lipinski definition) is 5. The topological polar surface area (TPSA) is 116 Å². The van der Waals surface area contributed by atoms with Crippen molar-refractivity contribution in [1.29, 1.82) is 0 Å². The lowest BCUT2D eigenvalue weighted by Gasteiger charge is -2.11. The Bertz CT molecular complexity index is 431. The normalized spacial score (nSPS) is 11.6. The Morgan fingerprint density at radius 1 is 1.39 bits per heavy atom. The summed E-state index contributed by atoms with van der Waals surface area (Å²) in [6, 6.07) is 1.94. The van der Waals surface area contributed by atoms with Crippen molar-refractivity contribution in [3.8, 4) is 0 Å². The fourth-order valence-corrected chi connectivity index (χ4v) is 1.73. The molecule has 0 fully saturated rings. The molecule has 0 aliphatic carbocycles. The number of amides is 2. The van der Waals surface area contributed by atoms with Gasteiger partial charge in [0.2, 0.25) is 5.91 Å². The van der Waals surface area contributed by atoms with Gasteiger partial charge in [0.25, 0.3) is 5.91 Å². The van der Waals surface area contributed by atoms with Crippen molar-refractivity contribution in [3.63, 3.8) is 0 Å². The minimum Gasteiger partial charge on any atom is -0.480 e. The summed E-state index contributed by atoms with van der Waals surface area (Å²) < 4.78 is 0. The van der Waals surface area contributed by atoms with Crippen molar-refractivity contribution in [2.24, 2.45) is 0 Å². The van der Waals surface area contributed by atoms with Gasteiger partial charge in [-0.2, -0.15) is 0 Å². The maximum Gasteiger partial charge on any atom is 0.328 e. The zero-order valence-electron chi connectivity index (χ0n) is 9.25. The number of hydrogen-bond donors (Lipinski definition) is 4. The van der Waals surface area contributed by atoms with Crippen LogP contribution in [0.3, 0.4) is 0 Å². The van der Waals surface area contributed by atoms with Gasteiger partial charge in [-0.1, -0.05) is 6.07 Å². The summed E-state index contributed by atoms with van der Waals surface area (Å²) >= 11 is 1.23. The number of carbonyl (C=O) groups excluding carboxylic acids is 2. The molecule has 98 valence electrons. The van der Waals surface area contributed by atoms with Crippen LogP contribution < -0.4 is 10.6 Å². The Morgan fingerprint density at radius 3 is 2.61 bits per heavy atom. The van der Waals surface area contributed by atoms with Crippen LogP contribution in [0.1, 0.15) is 9.67 Å². The van der Waals surface area contributed by atoms with Crippen molar-refractivity contribution in [2.45, 2.75) is 6.04 Å². The Labute approximate surface area is 106 Å². The molecule has 1 atom stereocenters. The molecule has 1 aromatic heterocycles. The number of aliphatic carboxylic acids is 1. The van der Waals surface area contributed by atoms with E-state index in [1.165, 1.54) is 11.3 Å². The maximum atomic E-state index is 11.5. The fraction of sp³-hybridized carbons (Fsp3) is 0.300. The molecule has 0 bridgehead atoms. The molecule has 0 aromatic carbocycles. The lowest BCUT2D eigenvalue weighted by molar-refractivity contribution is -0.142. The zero-order valence-corrected chi connectivity index (χ0v) is 10.1. The van der Waals surface area contributed by atoms with Crippen LogP contribution in [-0.4, -0.2) is 47.2 Å². The van der Waals surface area contributed by atoms with Crippen LogP contribution in [-0.2, 0) is 9.59 Å². The molecule has 0 radical (unpaired) electrons. The van der Waals surface area contributed by atoms with Crippen LogP contribution in [0.15, 0.2) is 17.5 Å². The summed E-state index contributed by atoms with van der Waals surface area (Å²) in [5.41, 5.74) is 0. The second kappa shape index (κ2) is 6.72. The molecular weight excluding hydrogens is 260 g/mol. The number of aliphatic hydroxyl groups is 1. The van der Waals surface area contributed by atoms with Gasteiger partial charge >= 0.3 is 5.97 Å². The minimum atomic E-state index is -1.36. The third kappa shape index (κ3) is 4.15. The van der Waals surface area contributed by atoms with Crippen LogP contribution >= 0.6 is 11.3 Å². The Hall–Kier alpha value is -1.93. The van der Waals surface area contributed by atoms with Gasteiger partial charge < -0.3 is 20.8 Å².